The molecular weight excluding hydrogens is 302 g/mol. The normalized spacial score (nSPS) is 16.6. The molecule has 1 amide bonds. The number of carbonyl (C=O) groups is 1. The van der Waals surface area contributed by atoms with Gasteiger partial charge in [-0.3, -0.25) is 0 Å². The number of nitrogens with one attached hydrogen (secondary N) is 1. The second kappa shape index (κ2) is 7.98. The Labute approximate surface area is 134 Å². The predicted octanol–water partition coefficient (Wildman–Crippen LogP) is 1.48. The minimum absolute atomic E-state index is 0.233. The number of carbonyl (C=O) groups excluding carboxylic acids is 1. The van der Waals surface area contributed by atoms with Crippen LogP contribution in [0.25, 0.3) is 0 Å². The first kappa shape index (κ1) is 16.5. The van der Waals surface area contributed by atoms with Crippen molar-refractivity contribution in [2.24, 2.45) is 10.7 Å². The largest absolute Gasteiger partial charge is 0.450 e. The van der Waals surface area contributed by atoms with Crippen molar-refractivity contribution >= 4 is 23.4 Å². The number of rotatable bonds is 4. The fraction of sp³-hybridized carbons (Fsp3) is 0.643. The fourth-order valence-electron chi connectivity index (χ4n) is 2.32. The number of guanidine groups is 1. The lowest BCUT2D eigenvalue weighted by atomic mass is 10.1. The van der Waals surface area contributed by atoms with Crippen LogP contribution in [0.4, 0.5) is 4.79 Å². The Morgan fingerprint density at radius 2 is 2.32 bits per heavy atom. The Bertz CT molecular complexity index is 523. The smallest absolute Gasteiger partial charge is 0.409 e. The maximum absolute atomic E-state index is 11.6. The molecule has 1 aromatic heterocycles. The van der Waals surface area contributed by atoms with Crippen LogP contribution in [0.5, 0.6) is 0 Å². The Kier molecular flexibility index (Phi) is 6.00. The van der Waals surface area contributed by atoms with Crippen LogP contribution < -0.4 is 11.1 Å². The van der Waals surface area contributed by atoms with Gasteiger partial charge in [-0.15, -0.1) is 11.3 Å². The summed E-state index contributed by atoms with van der Waals surface area (Å²) in [6, 6.07) is 0.248. The van der Waals surface area contributed by atoms with Crippen LogP contribution in [0.3, 0.4) is 0 Å². The average Bonchev–Trinajstić information content (AvgIpc) is 2.92. The van der Waals surface area contributed by atoms with Crippen LogP contribution in [0.15, 0.2) is 11.2 Å². The van der Waals surface area contributed by atoms with Gasteiger partial charge in [-0.2, -0.15) is 0 Å². The van der Waals surface area contributed by atoms with Crippen molar-refractivity contribution in [3.05, 3.63) is 16.1 Å². The molecule has 0 saturated carbocycles. The topological polar surface area (TPSA) is 92.8 Å². The molecule has 0 aromatic carbocycles. The van der Waals surface area contributed by atoms with E-state index in [1.54, 1.807) is 16.2 Å². The minimum Gasteiger partial charge on any atom is -0.450 e. The number of piperidine rings is 1. The average molecular weight is 325 g/mol. The number of aromatic nitrogens is 1. The lowest BCUT2D eigenvalue weighted by Gasteiger charge is -2.31. The summed E-state index contributed by atoms with van der Waals surface area (Å²) in [6.45, 7) is 6.10. The third-order valence-corrected chi connectivity index (χ3v) is 4.34. The summed E-state index contributed by atoms with van der Waals surface area (Å²) in [7, 11) is 0. The highest BCUT2D eigenvalue weighted by molar-refractivity contribution is 7.11. The maximum atomic E-state index is 11.6. The van der Waals surface area contributed by atoms with E-state index in [0.29, 0.717) is 32.2 Å². The molecule has 3 N–H and O–H groups in total. The molecule has 2 heterocycles. The van der Waals surface area contributed by atoms with E-state index in [9.17, 15) is 4.79 Å². The zero-order chi connectivity index (χ0) is 15.9. The lowest BCUT2D eigenvalue weighted by molar-refractivity contribution is 0.0963. The maximum Gasteiger partial charge on any atom is 0.409 e. The fourth-order valence-corrected chi connectivity index (χ4v) is 3.04. The van der Waals surface area contributed by atoms with Crippen LogP contribution in [-0.2, 0) is 11.3 Å². The van der Waals surface area contributed by atoms with Crippen LogP contribution in [0.1, 0.15) is 29.7 Å². The minimum atomic E-state index is -0.233. The first-order valence-electron chi connectivity index (χ1n) is 7.48. The van der Waals surface area contributed by atoms with Crippen LogP contribution in [-0.4, -0.2) is 47.7 Å². The van der Waals surface area contributed by atoms with Crippen molar-refractivity contribution in [1.29, 1.82) is 0 Å². The number of nitrogens with zero attached hydrogens (tertiary/aromatic N) is 3. The van der Waals surface area contributed by atoms with Gasteiger partial charge in [0.15, 0.2) is 5.96 Å². The summed E-state index contributed by atoms with van der Waals surface area (Å²) in [5, 5.41) is 4.25. The predicted molar refractivity (Wildman–Crippen MR) is 86.9 cm³/mol. The lowest BCUT2D eigenvalue weighted by Crippen LogP contribution is -2.48. The summed E-state index contributed by atoms with van der Waals surface area (Å²) in [5.41, 5.74) is 5.92. The molecule has 1 saturated heterocycles. The molecule has 1 aliphatic rings. The molecule has 8 heteroatoms. The zero-order valence-electron chi connectivity index (χ0n) is 13.0. The van der Waals surface area contributed by atoms with Crippen LogP contribution in [0.2, 0.25) is 0 Å². The number of hydrogen-bond donors (Lipinski definition) is 2. The number of aliphatic imine (C=N–C) groups is 1. The molecule has 1 aromatic rings. The molecule has 1 fully saturated rings. The van der Waals surface area contributed by atoms with Gasteiger partial charge in [-0.05, 0) is 26.7 Å². The second-order valence-corrected chi connectivity index (χ2v) is 6.47. The molecule has 0 bridgehead atoms. The molecule has 0 atom stereocenters. The van der Waals surface area contributed by atoms with E-state index in [-0.39, 0.29) is 12.1 Å². The van der Waals surface area contributed by atoms with E-state index in [0.717, 1.165) is 22.7 Å². The monoisotopic (exact) mass is 325 g/mol. The number of likely N-dealkylation sites (tertiary alicyclic amines) is 1. The quantitative estimate of drug-likeness (QED) is 0.646. The Hall–Kier alpha value is -1.83. The molecule has 0 aliphatic carbocycles. The van der Waals surface area contributed by atoms with Crippen molar-refractivity contribution in [3.8, 4) is 0 Å². The second-order valence-electron chi connectivity index (χ2n) is 5.15. The third kappa shape index (κ3) is 4.87. The van der Waals surface area contributed by atoms with Gasteiger partial charge in [-0.25, -0.2) is 14.8 Å². The summed E-state index contributed by atoms with van der Waals surface area (Å²) < 4.78 is 5.00. The summed E-state index contributed by atoms with van der Waals surface area (Å²) in [6.07, 6.45) is 3.28. The third-order valence-electron chi connectivity index (χ3n) is 3.45. The Morgan fingerprint density at radius 1 is 1.59 bits per heavy atom. The summed E-state index contributed by atoms with van der Waals surface area (Å²) >= 11 is 1.62. The highest BCUT2D eigenvalue weighted by Gasteiger charge is 2.23. The highest BCUT2D eigenvalue weighted by atomic mass is 32.1. The number of aryl methyl sites for hydroxylation is 1. The summed E-state index contributed by atoms with van der Waals surface area (Å²) in [4.78, 5) is 23.0. The highest BCUT2D eigenvalue weighted by Crippen LogP contribution is 2.13. The van der Waals surface area contributed by atoms with Crippen LogP contribution >= 0.6 is 11.3 Å². The molecule has 2 rings (SSSR count). The van der Waals surface area contributed by atoms with E-state index in [1.807, 2.05) is 20.0 Å². The first-order valence-corrected chi connectivity index (χ1v) is 8.29. The molecule has 1 aliphatic heterocycles. The van der Waals surface area contributed by atoms with E-state index in [4.69, 9.17) is 10.5 Å². The van der Waals surface area contributed by atoms with Gasteiger partial charge in [0.1, 0.15) is 0 Å². The van der Waals surface area contributed by atoms with Crippen molar-refractivity contribution in [2.45, 2.75) is 39.3 Å². The molecule has 0 spiro atoms. The van der Waals surface area contributed by atoms with Crippen molar-refractivity contribution in [3.63, 3.8) is 0 Å². The van der Waals surface area contributed by atoms with Crippen molar-refractivity contribution < 1.29 is 9.53 Å². The van der Waals surface area contributed by atoms with E-state index in [2.05, 4.69) is 15.3 Å². The van der Waals surface area contributed by atoms with Crippen molar-refractivity contribution in [2.75, 3.05) is 19.7 Å². The molecule has 22 heavy (non-hydrogen) atoms. The van der Waals surface area contributed by atoms with Crippen LogP contribution in [0, 0.1) is 6.92 Å². The van der Waals surface area contributed by atoms with Gasteiger partial charge in [0, 0.05) is 30.2 Å². The molecule has 0 unspecified atom stereocenters. The van der Waals surface area contributed by atoms with E-state index in [1.165, 1.54) is 0 Å². The molecule has 122 valence electrons. The SMILES string of the molecule is CCOC(=O)N1CCC(NC(N)=NCc2cnc(C)s2)CC1. The van der Waals surface area contributed by atoms with Crippen molar-refractivity contribution in [1.82, 2.24) is 15.2 Å². The summed E-state index contributed by atoms with van der Waals surface area (Å²) in [5.74, 6) is 0.445. The van der Waals surface area contributed by atoms with E-state index < -0.39 is 0 Å². The van der Waals surface area contributed by atoms with Gasteiger partial charge in [0.05, 0.1) is 18.2 Å². The number of thiazole rings is 1. The number of amides is 1. The Balaban J connectivity index is 1.74. The van der Waals surface area contributed by atoms with Gasteiger partial charge in [-0.1, -0.05) is 0 Å². The molecule has 7 nitrogen and oxygen atoms in total. The van der Waals surface area contributed by atoms with E-state index >= 15 is 0 Å². The Morgan fingerprint density at radius 3 is 2.91 bits per heavy atom. The van der Waals surface area contributed by atoms with Gasteiger partial charge >= 0.3 is 6.09 Å². The zero-order valence-corrected chi connectivity index (χ0v) is 13.9. The first-order chi connectivity index (χ1) is 10.6. The van der Waals surface area contributed by atoms with Gasteiger partial charge < -0.3 is 20.7 Å². The molecule has 0 radical (unpaired) electrons. The number of hydrogen-bond acceptors (Lipinski definition) is 5. The van der Waals surface area contributed by atoms with Gasteiger partial charge in [0.25, 0.3) is 0 Å². The number of nitrogens with two attached hydrogens (primary N) is 1. The standard InChI is InChI=1S/C14H23N5O2S/c1-3-21-14(20)19-6-4-11(5-7-19)18-13(15)17-9-12-8-16-10(2)22-12/h8,11H,3-7,9H2,1-2H3,(H3,15,17,18). The molecular formula is C14H23N5O2S. The van der Waals surface area contributed by atoms with Gasteiger partial charge in [0.2, 0.25) is 0 Å². The number of ether oxygens (including phenoxy) is 1.